The van der Waals surface area contributed by atoms with Crippen LogP contribution in [0.3, 0.4) is 0 Å². The van der Waals surface area contributed by atoms with Gasteiger partial charge in [-0.25, -0.2) is 14.4 Å². The Morgan fingerprint density at radius 1 is 1.03 bits per heavy atom. The molecule has 4 heterocycles. The maximum Gasteiger partial charge on any atom is 0.258 e. The maximum absolute atomic E-state index is 15.0. The summed E-state index contributed by atoms with van der Waals surface area (Å²) in [5.41, 5.74) is 3.71. The molecule has 18 nitrogen and oxygen atoms in total. The lowest BCUT2D eigenvalue weighted by molar-refractivity contribution is -0.143. The average Bonchev–Trinajstić information content (AvgIpc) is 3.77. The number of ether oxygens (including phenoxy) is 3. The normalized spacial score (nSPS) is 18.3. The Balaban J connectivity index is 0.813. The third-order valence-electron chi connectivity index (χ3n) is 12.6. The highest BCUT2D eigenvalue weighted by molar-refractivity contribution is 8.00. The second-order valence-electron chi connectivity index (χ2n) is 17.9. The fourth-order valence-electron chi connectivity index (χ4n) is 8.23. The van der Waals surface area contributed by atoms with Crippen LogP contribution in [0.25, 0.3) is 10.4 Å². The number of rotatable bonds is 23. The van der Waals surface area contributed by atoms with E-state index in [9.17, 15) is 24.3 Å². The molecule has 2 aliphatic heterocycles. The molecule has 2 saturated heterocycles. The predicted octanol–water partition coefficient (Wildman–Crippen LogP) is 4.92. The minimum atomic E-state index is -2.03. The molecule has 0 bridgehead atoms. The smallest absolute Gasteiger partial charge is 0.258 e. The van der Waals surface area contributed by atoms with Crippen LogP contribution < -0.4 is 26.0 Å². The Morgan fingerprint density at radius 2 is 1.76 bits per heavy atom. The van der Waals surface area contributed by atoms with E-state index in [1.807, 2.05) is 36.1 Å². The molecule has 22 heteroatoms. The van der Waals surface area contributed by atoms with Crippen molar-refractivity contribution >= 4 is 75.8 Å². The van der Waals surface area contributed by atoms with E-state index < -0.39 is 46.3 Å². The van der Waals surface area contributed by atoms with Gasteiger partial charge in [-0.05, 0) is 62.9 Å². The number of piperazine rings is 1. The first kappa shape index (κ1) is 52.7. The number of alkyl halides is 1. The molecule has 0 radical (unpaired) electrons. The number of nitrogens with zero attached hydrogens (tertiary/aromatic N) is 6. The van der Waals surface area contributed by atoms with Gasteiger partial charge >= 0.3 is 0 Å². The fourth-order valence-corrected chi connectivity index (χ4v) is 10.3. The number of aliphatic hydroxyl groups excluding tert-OH is 1. The summed E-state index contributed by atoms with van der Waals surface area (Å²) >= 11 is 9.06. The van der Waals surface area contributed by atoms with E-state index in [0.717, 1.165) is 21.7 Å². The monoisotopic (exact) mass is 1020 g/mol. The number of thioether (sulfide) groups is 1. The molecule has 3 fully saturated rings. The molecule has 3 atom stereocenters. The minimum absolute atomic E-state index is 0.0317. The number of benzene rings is 2. The zero-order valence-corrected chi connectivity index (χ0v) is 42.5. The van der Waals surface area contributed by atoms with Gasteiger partial charge in [-0.3, -0.25) is 24.1 Å². The molecule has 70 heavy (non-hydrogen) atoms. The number of likely N-dealkylation sites (tertiary alicyclic amines) is 1. The first-order valence-corrected chi connectivity index (χ1v) is 25.6. The third kappa shape index (κ3) is 13.4. The van der Waals surface area contributed by atoms with Crippen LogP contribution >= 0.6 is 34.7 Å². The molecule has 7 rings (SSSR count). The van der Waals surface area contributed by atoms with Crippen LogP contribution in [0.15, 0.2) is 54.2 Å². The van der Waals surface area contributed by atoms with Gasteiger partial charge in [0.2, 0.25) is 17.8 Å². The van der Waals surface area contributed by atoms with Crippen LogP contribution in [0.4, 0.5) is 21.8 Å². The van der Waals surface area contributed by atoms with Crippen LogP contribution in [0, 0.1) is 6.92 Å². The molecular formula is C48H62ClFN10O8S2. The Morgan fingerprint density at radius 3 is 2.43 bits per heavy atom. The summed E-state index contributed by atoms with van der Waals surface area (Å²) in [7, 11) is 3.25. The maximum atomic E-state index is 15.0. The number of halogens is 2. The van der Waals surface area contributed by atoms with Crippen molar-refractivity contribution in [1.29, 1.82) is 0 Å². The summed E-state index contributed by atoms with van der Waals surface area (Å²) in [6.07, 6.45) is 0.729. The van der Waals surface area contributed by atoms with Crippen molar-refractivity contribution in [3.63, 3.8) is 0 Å². The number of carbonyl (C=O) groups excluding carboxylic acids is 4. The van der Waals surface area contributed by atoms with Gasteiger partial charge in [0.05, 0.1) is 67.6 Å². The first-order chi connectivity index (χ1) is 33.6. The van der Waals surface area contributed by atoms with Gasteiger partial charge in [0, 0.05) is 75.3 Å². The first-order valence-electron chi connectivity index (χ1n) is 23.3. The van der Waals surface area contributed by atoms with Crippen molar-refractivity contribution in [1.82, 2.24) is 40.3 Å². The predicted molar refractivity (Wildman–Crippen MR) is 269 cm³/mol. The number of β-amino-alcohol motifs (C(OH)–C–C–N with tert-alkyl or cyclic N) is 1. The Kier molecular flexibility index (Phi) is 17.9. The van der Waals surface area contributed by atoms with E-state index in [-0.39, 0.29) is 38.3 Å². The van der Waals surface area contributed by atoms with E-state index in [0.29, 0.717) is 98.7 Å². The Bertz CT molecular complexity index is 2460. The highest BCUT2D eigenvalue weighted by Crippen LogP contribution is 2.41. The van der Waals surface area contributed by atoms with Crippen molar-refractivity contribution in [2.75, 3.05) is 96.2 Å². The second-order valence-corrected chi connectivity index (χ2v) is 21.0. The highest BCUT2D eigenvalue weighted by Gasteiger charge is 2.54. The molecule has 3 unspecified atom stereocenters. The van der Waals surface area contributed by atoms with Crippen molar-refractivity contribution in [2.24, 2.45) is 0 Å². The number of hydrogen-bond donors (Lipinski definition) is 5. The van der Waals surface area contributed by atoms with Gasteiger partial charge in [-0.15, -0.1) is 11.3 Å². The number of nitrogens with one attached hydrogen (secondary N) is 4. The summed E-state index contributed by atoms with van der Waals surface area (Å²) in [6, 6.07) is 10.8. The molecule has 1 aliphatic carbocycles. The molecule has 2 aromatic carbocycles. The van der Waals surface area contributed by atoms with Crippen LogP contribution in [-0.4, -0.2) is 173 Å². The van der Waals surface area contributed by atoms with E-state index in [4.69, 9.17) is 25.8 Å². The zero-order chi connectivity index (χ0) is 50.0. The molecule has 4 aromatic rings. The summed E-state index contributed by atoms with van der Waals surface area (Å²) in [5, 5.41) is 22.7. The topological polar surface area (TPSA) is 213 Å². The number of anilines is 3. The van der Waals surface area contributed by atoms with Gasteiger partial charge in [0.25, 0.3) is 11.8 Å². The molecular weight excluding hydrogens is 963 g/mol. The molecule has 1 saturated carbocycles. The zero-order valence-electron chi connectivity index (χ0n) is 40.1. The SMILES string of the molecule is CNc1nc(Nc2ccc(C(=O)N3CCN(CCOCCOCCSC(C)(C)C(NC(=O)C4(F)CC4)C(=O)N4CC(O)CC4C(=O)NCc4ccc(-c5scnc5C)cc4)CC3)cc2OC)ncc1Cl. The lowest BCUT2D eigenvalue weighted by Gasteiger charge is -2.37. The molecule has 0 spiro atoms. The van der Waals surface area contributed by atoms with Crippen molar-refractivity contribution in [3.05, 3.63) is 76.0 Å². The van der Waals surface area contributed by atoms with E-state index >= 15 is 4.39 Å². The van der Waals surface area contributed by atoms with Gasteiger partial charge in [-0.2, -0.15) is 16.7 Å². The van der Waals surface area contributed by atoms with Crippen LogP contribution in [0.1, 0.15) is 54.7 Å². The fraction of sp³-hybridized carbons (Fsp3) is 0.521. The average molecular weight is 1030 g/mol. The summed E-state index contributed by atoms with van der Waals surface area (Å²) in [6.45, 7) is 10.4. The number of aryl methyl sites for hydroxylation is 1. The lowest BCUT2D eigenvalue weighted by atomic mass is 10.00. The molecule has 378 valence electrons. The molecule has 4 amide bonds. The largest absolute Gasteiger partial charge is 0.495 e. The van der Waals surface area contributed by atoms with Crippen molar-refractivity contribution in [3.8, 4) is 16.2 Å². The Hall–Kier alpha value is -5.16. The van der Waals surface area contributed by atoms with Crippen molar-refractivity contribution in [2.45, 2.75) is 75.2 Å². The quantitative estimate of drug-likeness (QED) is 0.0624. The van der Waals surface area contributed by atoms with Crippen LogP contribution in [-0.2, 0) is 30.4 Å². The number of amides is 4. The van der Waals surface area contributed by atoms with Gasteiger partial charge < -0.3 is 50.4 Å². The number of aromatic nitrogens is 3. The van der Waals surface area contributed by atoms with Gasteiger partial charge in [0.1, 0.15) is 28.7 Å². The van der Waals surface area contributed by atoms with Crippen LogP contribution in [0.2, 0.25) is 5.02 Å². The number of thiazole rings is 1. The van der Waals surface area contributed by atoms with Gasteiger partial charge in [-0.1, -0.05) is 35.9 Å². The van der Waals surface area contributed by atoms with E-state index in [2.05, 4.69) is 41.1 Å². The molecule has 5 N–H and O–H groups in total. The third-order valence-corrected chi connectivity index (χ3v) is 15.2. The number of methoxy groups -OCH3 is 1. The highest BCUT2D eigenvalue weighted by atomic mass is 35.5. The second kappa shape index (κ2) is 23.8. The Labute approximate surface area is 420 Å². The lowest BCUT2D eigenvalue weighted by Crippen LogP contribution is -2.61. The number of carbonyl (C=O) groups is 4. The van der Waals surface area contributed by atoms with Gasteiger partial charge in [0.15, 0.2) is 5.67 Å². The van der Waals surface area contributed by atoms with Crippen molar-refractivity contribution < 1.29 is 42.9 Å². The summed E-state index contributed by atoms with van der Waals surface area (Å²) in [5.74, 6) is -0.207. The van der Waals surface area contributed by atoms with E-state index in [1.54, 1.807) is 55.9 Å². The standard InChI is InChI=1S/C48H62ClFN10O8S2/c1-30-39(69-29-54-30)32-8-6-31(7-9-32)26-52-42(62)37-25-34(61)28-60(37)44(64)40(56-45(65)48(50)12-13-48)47(2,3)70-23-22-68-21-20-67-19-18-58-14-16-59(17-15-58)43(63)33-10-11-36(38(24-33)66-5)55-46-53-27-35(49)41(51-4)57-46/h6-11,24,27,29,34,37,40,61H,12-23,25-26,28H2,1-5H3,(H,52,62)(H,56,65)(H2,51,53,55,57). The molecule has 2 aromatic heterocycles. The summed E-state index contributed by atoms with van der Waals surface area (Å²) < 4.78 is 31.4. The van der Waals surface area contributed by atoms with Crippen LogP contribution in [0.5, 0.6) is 5.75 Å². The minimum Gasteiger partial charge on any atom is -0.495 e. The van der Waals surface area contributed by atoms with E-state index in [1.165, 1.54) is 30.0 Å². The number of hydrogen-bond acceptors (Lipinski definition) is 16. The number of aliphatic hydroxyl groups is 1. The summed E-state index contributed by atoms with van der Waals surface area (Å²) in [4.78, 5) is 73.8. The molecule has 3 aliphatic rings.